The monoisotopic (exact) mass is 228 g/mol. The number of rotatable bonds is 1. The standard InChI is InChI=1S/C11H13ClO3/c1-11(2)14-6-8-7(5-13)3-4-9(12)10(8)15-11/h3-4,13H,5-6H2,1-2H3. The van der Waals surface area contributed by atoms with Crippen molar-refractivity contribution in [1.29, 1.82) is 0 Å². The summed E-state index contributed by atoms with van der Waals surface area (Å²) in [6.45, 7) is 4.04. The van der Waals surface area contributed by atoms with E-state index < -0.39 is 5.79 Å². The molecule has 0 radical (unpaired) electrons. The lowest BCUT2D eigenvalue weighted by Crippen LogP contribution is -2.35. The van der Waals surface area contributed by atoms with Gasteiger partial charge in [0, 0.05) is 19.4 Å². The summed E-state index contributed by atoms with van der Waals surface area (Å²) in [5.41, 5.74) is 1.63. The van der Waals surface area contributed by atoms with E-state index in [0.29, 0.717) is 17.4 Å². The van der Waals surface area contributed by atoms with Gasteiger partial charge in [-0.2, -0.15) is 0 Å². The molecule has 1 aromatic rings. The number of benzene rings is 1. The minimum Gasteiger partial charge on any atom is -0.461 e. The quantitative estimate of drug-likeness (QED) is 0.803. The third-order valence-corrected chi connectivity index (χ3v) is 2.69. The molecule has 0 amide bonds. The Kier molecular flexibility index (Phi) is 2.63. The van der Waals surface area contributed by atoms with E-state index in [4.69, 9.17) is 26.2 Å². The molecule has 0 saturated heterocycles. The average molecular weight is 229 g/mol. The van der Waals surface area contributed by atoms with Gasteiger partial charge in [0.15, 0.2) is 0 Å². The van der Waals surface area contributed by atoms with Gasteiger partial charge in [0.05, 0.1) is 18.2 Å². The molecule has 1 aliphatic rings. The fraction of sp³-hybridized carbons (Fsp3) is 0.455. The van der Waals surface area contributed by atoms with Crippen molar-refractivity contribution in [1.82, 2.24) is 0 Å². The molecule has 0 bridgehead atoms. The van der Waals surface area contributed by atoms with Crippen LogP contribution in [0.1, 0.15) is 25.0 Å². The fourth-order valence-electron chi connectivity index (χ4n) is 1.58. The summed E-state index contributed by atoms with van der Waals surface area (Å²) >= 11 is 6.04. The zero-order valence-corrected chi connectivity index (χ0v) is 9.47. The van der Waals surface area contributed by atoms with Gasteiger partial charge in [0.25, 0.3) is 0 Å². The molecule has 1 N–H and O–H groups in total. The summed E-state index contributed by atoms with van der Waals surface area (Å²) in [6, 6.07) is 3.51. The van der Waals surface area contributed by atoms with Crippen molar-refractivity contribution in [3.8, 4) is 5.75 Å². The highest BCUT2D eigenvalue weighted by molar-refractivity contribution is 6.32. The fourth-order valence-corrected chi connectivity index (χ4v) is 1.79. The number of halogens is 1. The number of hydrogen-bond acceptors (Lipinski definition) is 3. The van der Waals surface area contributed by atoms with Crippen LogP contribution in [0, 0.1) is 0 Å². The van der Waals surface area contributed by atoms with Crippen LogP contribution in [0.3, 0.4) is 0 Å². The average Bonchev–Trinajstić information content (AvgIpc) is 2.18. The molecule has 0 fully saturated rings. The van der Waals surface area contributed by atoms with Gasteiger partial charge in [0.1, 0.15) is 5.75 Å². The first-order valence-corrected chi connectivity index (χ1v) is 5.15. The van der Waals surface area contributed by atoms with E-state index in [0.717, 1.165) is 11.1 Å². The van der Waals surface area contributed by atoms with E-state index in [-0.39, 0.29) is 6.61 Å². The Morgan fingerprint density at radius 1 is 1.47 bits per heavy atom. The molecule has 1 aliphatic heterocycles. The van der Waals surface area contributed by atoms with Crippen molar-refractivity contribution in [3.63, 3.8) is 0 Å². The maximum Gasteiger partial charge on any atom is 0.205 e. The van der Waals surface area contributed by atoms with Crippen molar-refractivity contribution in [2.45, 2.75) is 32.8 Å². The summed E-state index contributed by atoms with van der Waals surface area (Å²) in [6.07, 6.45) is 0. The third kappa shape index (κ3) is 1.95. The molecule has 1 aromatic carbocycles. The van der Waals surface area contributed by atoms with E-state index in [2.05, 4.69) is 0 Å². The number of fused-ring (bicyclic) bond motifs is 1. The Balaban J connectivity index is 2.50. The lowest BCUT2D eigenvalue weighted by Gasteiger charge is -2.33. The van der Waals surface area contributed by atoms with Crippen LogP contribution in [0.25, 0.3) is 0 Å². The Labute approximate surface area is 93.6 Å². The van der Waals surface area contributed by atoms with Gasteiger partial charge in [-0.05, 0) is 11.6 Å². The molecule has 0 spiro atoms. The number of hydrogen-bond donors (Lipinski definition) is 1. The minimum absolute atomic E-state index is 0.0351. The van der Waals surface area contributed by atoms with Crippen molar-refractivity contribution in [2.75, 3.05) is 0 Å². The molecule has 0 aromatic heterocycles. The molecule has 2 rings (SSSR count). The Hall–Kier alpha value is -0.770. The number of aliphatic hydroxyl groups excluding tert-OH is 1. The first-order valence-electron chi connectivity index (χ1n) is 4.77. The highest BCUT2D eigenvalue weighted by Gasteiger charge is 2.30. The van der Waals surface area contributed by atoms with Gasteiger partial charge in [-0.1, -0.05) is 17.7 Å². The summed E-state index contributed by atoms with van der Waals surface area (Å²) in [7, 11) is 0. The lowest BCUT2D eigenvalue weighted by molar-refractivity contribution is -0.180. The van der Waals surface area contributed by atoms with E-state index in [9.17, 15) is 0 Å². The van der Waals surface area contributed by atoms with Crippen molar-refractivity contribution in [2.24, 2.45) is 0 Å². The topological polar surface area (TPSA) is 38.7 Å². The highest BCUT2D eigenvalue weighted by Crippen LogP contribution is 2.38. The zero-order chi connectivity index (χ0) is 11.1. The van der Waals surface area contributed by atoms with Crippen LogP contribution in [0.4, 0.5) is 0 Å². The molecule has 0 aliphatic carbocycles. The molecule has 0 atom stereocenters. The van der Waals surface area contributed by atoms with Crippen LogP contribution in [-0.2, 0) is 18.0 Å². The van der Waals surface area contributed by atoms with E-state index >= 15 is 0 Å². The van der Waals surface area contributed by atoms with Crippen molar-refractivity contribution >= 4 is 11.6 Å². The lowest BCUT2D eigenvalue weighted by atomic mass is 10.1. The number of ether oxygens (including phenoxy) is 2. The van der Waals surface area contributed by atoms with Gasteiger partial charge in [0.2, 0.25) is 5.79 Å². The maximum atomic E-state index is 9.16. The second-order valence-corrected chi connectivity index (χ2v) is 4.37. The molecule has 0 unspecified atom stereocenters. The molecule has 15 heavy (non-hydrogen) atoms. The molecular weight excluding hydrogens is 216 g/mol. The summed E-state index contributed by atoms with van der Waals surface area (Å²) in [5, 5.41) is 9.71. The largest absolute Gasteiger partial charge is 0.461 e. The van der Waals surface area contributed by atoms with Gasteiger partial charge < -0.3 is 14.6 Å². The molecule has 3 nitrogen and oxygen atoms in total. The smallest absolute Gasteiger partial charge is 0.205 e. The molecule has 0 saturated carbocycles. The molecule has 1 heterocycles. The summed E-state index contributed by atoms with van der Waals surface area (Å²) < 4.78 is 11.1. The van der Waals surface area contributed by atoms with Crippen LogP contribution in [0.5, 0.6) is 5.75 Å². The zero-order valence-electron chi connectivity index (χ0n) is 8.71. The Morgan fingerprint density at radius 2 is 2.20 bits per heavy atom. The van der Waals surface area contributed by atoms with Crippen LogP contribution >= 0.6 is 11.6 Å². The predicted molar refractivity (Wildman–Crippen MR) is 56.9 cm³/mol. The first kappa shape index (κ1) is 10.7. The van der Waals surface area contributed by atoms with Crippen LogP contribution in [0.15, 0.2) is 12.1 Å². The van der Waals surface area contributed by atoms with Crippen molar-refractivity contribution < 1.29 is 14.6 Å². The van der Waals surface area contributed by atoms with E-state index in [1.54, 1.807) is 12.1 Å². The van der Waals surface area contributed by atoms with E-state index in [1.165, 1.54) is 0 Å². The van der Waals surface area contributed by atoms with Crippen LogP contribution in [-0.4, -0.2) is 10.9 Å². The van der Waals surface area contributed by atoms with Crippen molar-refractivity contribution in [3.05, 3.63) is 28.3 Å². The third-order valence-electron chi connectivity index (χ3n) is 2.39. The second kappa shape index (κ2) is 3.67. The summed E-state index contributed by atoms with van der Waals surface area (Å²) in [5.74, 6) is -0.0375. The normalized spacial score (nSPS) is 18.1. The van der Waals surface area contributed by atoms with E-state index in [1.807, 2.05) is 13.8 Å². The predicted octanol–water partition coefficient (Wildman–Crippen LogP) is 2.48. The van der Waals surface area contributed by atoms with Crippen LogP contribution in [0.2, 0.25) is 5.02 Å². The Bertz CT molecular complexity index is 388. The minimum atomic E-state index is -0.662. The maximum absolute atomic E-state index is 9.16. The molecular formula is C11H13ClO3. The summed E-state index contributed by atoms with van der Waals surface area (Å²) in [4.78, 5) is 0. The molecule has 82 valence electrons. The van der Waals surface area contributed by atoms with Gasteiger partial charge in [-0.25, -0.2) is 0 Å². The van der Waals surface area contributed by atoms with Gasteiger partial charge in [-0.15, -0.1) is 0 Å². The SMILES string of the molecule is CC1(C)OCc2c(CO)ccc(Cl)c2O1. The van der Waals surface area contributed by atoms with Gasteiger partial charge >= 0.3 is 0 Å². The number of aliphatic hydroxyl groups is 1. The van der Waals surface area contributed by atoms with Crippen LogP contribution < -0.4 is 4.74 Å². The van der Waals surface area contributed by atoms with Gasteiger partial charge in [-0.3, -0.25) is 0 Å². The Morgan fingerprint density at radius 3 is 2.87 bits per heavy atom. The first-order chi connectivity index (χ1) is 7.03. The molecule has 4 heteroatoms. The second-order valence-electron chi connectivity index (χ2n) is 3.96. The highest BCUT2D eigenvalue weighted by atomic mass is 35.5.